The standard InChI is InChI=1S/C41H40Cl2FN5O3S/c1-40(2,3)52-39(51)47-17-20-15-25(47)33(20)48-26(35-28-29-36(41(28,29)4)49(35)38(50)18-11-12-18)16-23-34(48)22-14-19(8-7-13-45)27(21-9-6-10-24(42)30(21)43)31(44)32(22)46-37(23)53-5/h6,9-10,14,16,18,20,25,28-29,33,35-36H,7-8,11-12,15,17H2,1-5H3/t20-,25-,28?,29-,33+,35+,36+,41-/m1/s1. The van der Waals surface area contributed by atoms with Crippen molar-refractivity contribution in [2.75, 3.05) is 12.8 Å². The Morgan fingerprint density at radius 1 is 1.17 bits per heavy atom. The van der Waals surface area contributed by atoms with Crippen LogP contribution in [-0.2, 0) is 16.0 Å². The molecule has 12 heteroatoms. The van der Waals surface area contributed by atoms with E-state index in [0.29, 0.717) is 56.9 Å². The monoisotopic (exact) mass is 771 g/mol. The van der Waals surface area contributed by atoms with Crippen molar-refractivity contribution < 1.29 is 18.7 Å². The Labute approximate surface area is 321 Å². The first kappa shape index (κ1) is 34.0. The Morgan fingerprint density at radius 2 is 1.92 bits per heavy atom. The van der Waals surface area contributed by atoms with E-state index in [0.717, 1.165) is 35.9 Å². The van der Waals surface area contributed by atoms with Gasteiger partial charge in [-0.15, -0.1) is 11.8 Å². The van der Waals surface area contributed by atoms with E-state index >= 15 is 4.39 Å². The number of thioether (sulfide) groups is 1. The third-order valence-electron chi connectivity index (χ3n) is 13.2. The molecule has 53 heavy (non-hydrogen) atoms. The number of pyridine rings is 1. The summed E-state index contributed by atoms with van der Waals surface area (Å²) in [7, 11) is 0. The molecule has 12 rings (SSSR count). The average Bonchev–Trinajstić information content (AvgIpc) is 3.91. The summed E-state index contributed by atoms with van der Waals surface area (Å²) in [5, 5.41) is 12.5. The van der Waals surface area contributed by atoms with E-state index in [1.165, 1.54) is 11.8 Å². The van der Waals surface area contributed by atoms with E-state index in [2.05, 4.69) is 28.5 Å². The molecule has 4 bridgehead atoms. The number of nitriles is 1. The zero-order valence-corrected chi connectivity index (χ0v) is 32.6. The molecule has 2 aromatic carbocycles. The van der Waals surface area contributed by atoms with Crippen LogP contribution in [0.1, 0.15) is 76.7 Å². The molecular weight excluding hydrogens is 732 g/mol. The van der Waals surface area contributed by atoms with Gasteiger partial charge in [0.15, 0.2) is 5.82 Å². The van der Waals surface area contributed by atoms with Gasteiger partial charge < -0.3 is 19.1 Å². The van der Waals surface area contributed by atoms with Crippen LogP contribution in [-0.4, -0.2) is 61.8 Å². The van der Waals surface area contributed by atoms with Crippen LogP contribution in [0.25, 0.3) is 32.9 Å². The van der Waals surface area contributed by atoms with Gasteiger partial charge in [-0.2, -0.15) is 5.26 Å². The van der Waals surface area contributed by atoms with Crippen molar-refractivity contribution in [2.24, 2.45) is 29.1 Å². The molecule has 8 nitrogen and oxygen atoms in total. The van der Waals surface area contributed by atoms with E-state index in [1.807, 2.05) is 38.0 Å². The lowest BCUT2D eigenvalue weighted by Gasteiger charge is -2.40. The van der Waals surface area contributed by atoms with Crippen molar-refractivity contribution in [3.63, 3.8) is 0 Å². The van der Waals surface area contributed by atoms with Gasteiger partial charge in [-0.3, -0.25) is 4.79 Å². The Kier molecular flexibility index (Phi) is 7.23. The van der Waals surface area contributed by atoms with Gasteiger partial charge in [0.05, 0.1) is 39.8 Å². The van der Waals surface area contributed by atoms with E-state index in [9.17, 15) is 14.9 Å². The Hall–Kier alpha value is -3.52. The van der Waals surface area contributed by atoms with Crippen LogP contribution in [0.4, 0.5) is 9.18 Å². The topological polar surface area (TPSA) is 91.5 Å². The van der Waals surface area contributed by atoms with Crippen molar-refractivity contribution in [2.45, 2.75) is 94.6 Å². The molecule has 4 aliphatic heterocycles. The lowest BCUT2D eigenvalue weighted by atomic mass is 9.79. The van der Waals surface area contributed by atoms with Crippen LogP contribution in [0.2, 0.25) is 10.0 Å². The van der Waals surface area contributed by atoms with Gasteiger partial charge in [0.2, 0.25) is 5.91 Å². The van der Waals surface area contributed by atoms with E-state index < -0.39 is 11.4 Å². The molecule has 8 aliphatic rings. The lowest BCUT2D eigenvalue weighted by molar-refractivity contribution is -0.134. The highest BCUT2D eigenvalue weighted by Crippen LogP contribution is 2.90. The fraction of sp³-hybridized carbons (Fsp3) is 0.512. The second-order valence-corrected chi connectivity index (χ2v) is 18.8. The van der Waals surface area contributed by atoms with Gasteiger partial charge in [-0.1, -0.05) is 42.3 Å². The fourth-order valence-corrected chi connectivity index (χ4v) is 11.6. The first-order valence-electron chi connectivity index (χ1n) is 18.7. The average molecular weight is 773 g/mol. The molecule has 4 saturated carbocycles. The minimum Gasteiger partial charge on any atom is -0.444 e. The van der Waals surface area contributed by atoms with E-state index in [4.69, 9.17) is 32.9 Å². The Bertz CT molecular complexity index is 2370. The number of aryl methyl sites for hydroxylation is 1. The molecule has 6 heterocycles. The van der Waals surface area contributed by atoms with Gasteiger partial charge in [0.25, 0.3) is 0 Å². The minimum atomic E-state index is -0.631. The predicted octanol–water partition coefficient (Wildman–Crippen LogP) is 9.59. The Balaban J connectivity index is 1.23. The summed E-state index contributed by atoms with van der Waals surface area (Å²) >= 11 is 14.6. The summed E-state index contributed by atoms with van der Waals surface area (Å²) in [6, 6.07) is 11.6. The number of benzene rings is 2. The van der Waals surface area contributed by atoms with Crippen molar-refractivity contribution in [3.05, 3.63) is 57.5 Å². The van der Waals surface area contributed by atoms with Crippen LogP contribution >= 0.6 is 35.0 Å². The summed E-state index contributed by atoms with van der Waals surface area (Å²) in [5.41, 5.74) is 3.05. The number of ether oxygens (including phenoxy) is 1. The first-order chi connectivity index (χ1) is 25.3. The molecule has 0 spiro atoms. The maximum absolute atomic E-state index is 17.4. The zero-order chi connectivity index (χ0) is 37.0. The Morgan fingerprint density at radius 3 is 2.60 bits per heavy atom. The van der Waals surface area contributed by atoms with Crippen LogP contribution in [0, 0.1) is 46.2 Å². The number of aromatic nitrogens is 2. The number of nitrogens with zero attached hydrogens (tertiary/aromatic N) is 5. The molecule has 4 saturated heterocycles. The van der Waals surface area contributed by atoms with Crippen molar-refractivity contribution in [1.29, 1.82) is 5.26 Å². The molecule has 1 unspecified atom stereocenters. The highest BCUT2D eigenvalue weighted by Gasteiger charge is 2.93. The molecule has 0 radical (unpaired) electrons. The van der Waals surface area contributed by atoms with Crippen LogP contribution in [0.5, 0.6) is 0 Å². The van der Waals surface area contributed by atoms with Crippen LogP contribution in [0.3, 0.4) is 0 Å². The number of halogens is 3. The number of hydrogen-bond donors (Lipinski definition) is 0. The maximum Gasteiger partial charge on any atom is 0.410 e. The molecule has 8 atom stereocenters. The number of rotatable bonds is 7. The summed E-state index contributed by atoms with van der Waals surface area (Å²) in [5.74, 6) is 0.893. The number of hydrogen-bond acceptors (Lipinski definition) is 6. The van der Waals surface area contributed by atoms with E-state index in [-0.39, 0.29) is 70.4 Å². The number of fused-ring (bicyclic) bond motifs is 5. The maximum atomic E-state index is 17.4. The van der Waals surface area contributed by atoms with Crippen LogP contribution in [0.15, 0.2) is 35.4 Å². The van der Waals surface area contributed by atoms with Crippen LogP contribution < -0.4 is 0 Å². The van der Waals surface area contributed by atoms with Crippen molar-refractivity contribution >= 4 is 68.8 Å². The molecule has 4 aromatic rings. The normalized spacial score (nSPS) is 30.4. The third kappa shape index (κ3) is 4.63. The van der Waals surface area contributed by atoms with Gasteiger partial charge in [-0.05, 0) is 93.7 Å². The highest BCUT2D eigenvalue weighted by molar-refractivity contribution is 7.98. The molecule has 2 amide bonds. The number of piperidine rings is 1. The molecule has 2 aromatic heterocycles. The van der Waals surface area contributed by atoms with Gasteiger partial charge in [0.1, 0.15) is 16.1 Å². The fourth-order valence-electron chi connectivity index (χ4n) is 10.6. The summed E-state index contributed by atoms with van der Waals surface area (Å²) in [4.78, 5) is 36.8. The second kappa shape index (κ2) is 11.3. The molecule has 4 aliphatic carbocycles. The highest BCUT2D eigenvalue weighted by atomic mass is 35.5. The van der Waals surface area contributed by atoms with Gasteiger partial charge >= 0.3 is 6.09 Å². The lowest BCUT2D eigenvalue weighted by Crippen LogP contribution is -2.45. The van der Waals surface area contributed by atoms with Gasteiger partial charge in [0, 0.05) is 58.4 Å². The third-order valence-corrected chi connectivity index (χ3v) is 14.7. The zero-order valence-electron chi connectivity index (χ0n) is 30.3. The number of carbonyl (C=O) groups excluding carboxylic acids is 2. The SMILES string of the molecule is CSc1nc2c(F)c(-c3cccc(Cl)c3Cl)c(CCC#N)cc2c2c1cc([C@H]1C3[C@@H]4[C@H](N1C(=O)C1CC1)[C@]34C)n2[C@H]1[C@@H]2C[C@H]1N(C(=O)OC(C)(C)C)C2. The first-order valence-corrected chi connectivity index (χ1v) is 20.6. The predicted molar refractivity (Wildman–Crippen MR) is 203 cm³/mol. The summed E-state index contributed by atoms with van der Waals surface area (Å²) in [6.07, 6.45) is 4.85. The van der Waals surface area contributed by atoms with Crippen molar-refractivity contribution in [3.8, 4) is 17.2 Å². The summed E-state index contributed by atoms with van der Waals surface area (Å²) in [6.45, 7) is 8.55. The second-order valence-electron chi connectivity index (χ2n) is 17.2. The minimum absolute atomic E-state index is 0.0820. The molecular formula is C41H40Cl2FN5O3S. The number of carbonyl (C=O) groups is 2. The van der Waals surface area contributed by atoms with Crippen molar-refractivity contribution in [1.82, 2.24) is 19.4 Å². The summed E-state index contributed by atoms with van der Waals surface area (Å²) < 4.78 is 25.7. The van der Waals surface area contributed by atoms with Gasteiger partial charge in [-0.25, -0.2) is 14.2 Å². The van der Waals surface area contributed by atoms with E-state index in [1.54, 1.807) is 18.2 Å². The smallest absolute Gasteiger partial charge is 0.410 e. The largest absolute Gasteiger partial charge is 0.444 e. The molecule has 274 valence electrons. The quantitative estimate of drug-likeness (QED) is 0.174. The molecule has 0 N–H and O–H groups in total. The molecule has 8 fully saturated rings. The number of amides is 2.